The second kappa shape index (κ2) is 10.5. The van der Waals surface area contributed by atoms with Gasteiger partial charge in [-0.25, -0.2) is 9.18 Å². The minimum atomic E-state index is -0.409. The Morgan fingerprint density at radius 1 is 0.939 bits per heavy atom. The van der Waals surface area contributed by atoms with Gasteiger partial charge < -0.3 is 20.9 Å². The fraction of sp³-hybridized carbons (Fsp3) is 0.200. The standard InChI is InChI=1S/C25H24BrFN4O2/c26-21-5-1-2-6-22(21)30-25(33)29-19-11-12-23(31-13-3-4-14-31)20(15-19)24(32)28-16-17-7-9-18(27)10-8-17/h1-2,5-12,15H,3-4,13-14,16H2,(H,28,32)(H2,29,30,33). The van der Waals surface area contributed by atoms with Gasteiger partial charge in [0.1, 0.15) is 5.82 Å². The van der Waals surface area contributed by atoms with Gasteiger partial charge in [-0.3, -0.25) is 4.79 Å². The molecule has 0 bridgehead atoms. The highest BCUT2D eigenvalue weighted by Gasteiger charge is 2.20. The van der Waals surface area contributed by atoms with Gasteiger partial charge in [-0.2, -0.15) is 0 Å². The van der Waals surface area contributed by atoms with Gasteiger partial charge in [-0.1, -0.05) is 24.3 Å². The monoisotopic (exact) mass is 510 g/mol. The Balaban J connectivity index is 1.51. The first kappa shape index (κ1) is 22.8. The highest BCUT2D eigenvalue weighted by atomic mass is 79.9. The number of amides is 3. The molecule has 6 nitrogen and oxygen atoms in total. The summed E-state index contributed by atoms with van der Waals surface area (Å²) in [5.74, 6) is -0.572. The van der Waals surface area contributed by atoms with Crippen molar-refractivity contribution in [1.82, 2.24) is 5.32 Å². The van der Waals surface area contributed by atoms with Gasteiger partial charge in [0, 0.05) is 35.5 Å². The lowest BCUT2D eigenvalue weighted by Crippen LogP contribution is -2.27. The smallest absolute Gasteiger partial charge is 0.323 e. The van der Waals surface area contributed by atoms with Crippen LogP contribution in [0.15, 0.2) is 71.2 Å². The van der Waals surface area contributed by atoms with E-state index in [1.54, 1.807) is 30.3 Å². The normalized spacial score (nSPS) is 13.0. The number of para-hydroxylation sites is 1. The number of benzene rings is 3. The third-order valence-corrected chi connectivity index (χ3v) is 6.13. The van der Waals surface area contributed by atoms with Crippen molar-refractivity contribution < 1.29 is 14.0 Å². The summed E-state index contributed by atoms with van der Waals surface area (Å²) in [7, 11) is 0. The maximum Gasteiger partial charge on any atom is 0.323 e. The zero-order chi connectivity index (χ0) is 23.2. The first-order valence-electron chi connectivity index (χ1n) is 10.7. The molecule has 4 rings (SSSR count). The largest absolute Gasteiger partial charge is 0.371 e. The number of hydrogen-bond acceptors (Lipinski definition) is 3. The third kappa shape index (κ3) is 5.90. The fourth-order valence-electron chi connectivity index (χ4n) is 3.76. The number of nitrogens with zero attached hydrogens (tertiary/aromatic N) is 1. The molecule has 1 fully saturated rings. The predicted octanol–water partition coefficient (Wildman–Crippen LogP) is 5.76. The molecular formula is C25H24BrFN4O2. The van der Waals surface area contributed by atoms with Crippen LogP contribution in [0.4, 0.5) is 26.2 Å². The molecule has 3 N–H and O–H groups in total. The van der Waals surface area contributed by atoms with Gasteiger partial charge in [-0.05, 0) is 76.8 Å². The highest BCUT2D eigenvalue weighted by molar-refractivity contribution is 9.10. The quantitative estimate of drug-likeness (QED) is 0.394. The molecule has 0 unspecified atom stereocenters. The molecule has 3 aromatic rings. The van der Waals surface area contributed by atoms with Crippen molar-refractivity contribution in [2.24, 2.45) is 0 Å². The Hall–Kier alpha value is -3.39. The maximum atomic E-state index is 13.1. The molecule has 1 aliphatic rings. The lowest BCUT2D eigenvalue weighted by Gasteiger charge is -2.22. The first-order valence-corrected chi connectivity index (χ1v) is 11.5. The van der Waals surface area contributed by atoms with Crippen LogP contribution < -0.4 is 20.9 Å². The van der Waals surface area contributed by atoms with E-state index in [-0.39, 0.29) is 18.3 Å². The zero-order valence-corrected chi connectivity index (χ0v) is 19.5. The van der Waals surface area contributed by atoms with E-state index in [2.05, 4.69) is 36.8 Å². The summed E-state index contributed by atoms with van der Waals surface area (Å²) in [5, 5.41) is 8.49. The van der Waals surface area contributed by atoms with E-state index in [4.69, 9.17) is 0 Å². The van der Waals surface area contributed by atoms with E-state index in [1.165, 1.54) is 12.1 Å². The Labute approximate surface area is 200 Å². The molecule has 0 aromatic heterocycles. The van der Waals surface area contributed by atoms with Crippen LogP contribution in [0.5, 0.6) is 0 Å². The van der Waals surface area contributed by atoms with Crippen molar-refractivity contribution >= 4 is 44.9 Å². The Morgan fingerprint density at radius 2 is 1.67 bits per heavy atom. The molecule has 33 heavy (non-hydrogen) atoms. The van der Waals surface area contributed by atoms with Gasteiger partial charge in [0.25, 0.3) is 5.91 Å². The number of halogens is 2. The van der Waals surface area contributed by atoms with E-state index in [1.807, 2.05) is 24.3 Å². The molecule has 0 saturated carbocycles. The second-order valence-corrected chi connectivity index (χ2v) is 8.65. The average Bonchev–Trinajstić information content (AvgIpc) is 3.35. The van der Waals surface area contributed by atoms with Crippen LogP contribution in [0.1, 0.15) is 28.8 Å². The molecule has 0 spiro atoms. The second-order valence-electron chi connectivity index (χ2n) is 7.79. The molecule has 0 radical (unpaired) electrons. The Kier molecular flexibility index (Phi) is 7.24. The summed E-state index contributed by atoms with van der Waals surface area (Å²) in [6, 6.07) is 18.3. The Morgan fingerprint density at radius 3 is 2.39 bits per heavy atom. The number of carbonyl (C=O) groups is 2. The van der Waals surface area contributed by atoms with E-state index in [0.717, 1.165) is 41.7 Å². The van der Waals surface area contributed by atoms with Crippen molar-refractivity contribution in [3.8, 4) is 0 Å². The number of nitrogens with one attached hydrogen (secondary N) is 3. The number of carbonyl (C=O) groups excluding carboxylic acids is 2. The maximum absolute atomic E-state index is 13.1. The summed E-state index contributed by atoms with van der Waals surface area (Å²) < 4.78 is 13.9. The average molecular weight is 511 g/mol. The summed E-state index contributed by atoms with van der Waals surface area (Å²) >= 11 is 3.41. The molecule has 8 heteroatoms. The van der Waals surface area contributed by atoms with Crippen molar-refractivity contribution in [2.75, 3.05) is 28.6 Å². The van der Waals surface area contributed by atoms with E-state index in [9.17, 15) is 14.0 Å². The molecule has 0 atom stereocenters. The molecule has 1 aliphatic heterocycles. The van der Waals surface area contributed by atoms with Gasteiger partial charge >= 0.3 is 6.03 Å². The number of rotatable bonds is 6. The van der Waals surface area contributed by atoms with Crippen molar-refractivity contribution in [3.05, 3.63) is 88.1 Å². The molecular weight excluding hydrogens is 487 g/mol. The summed E-state index contributed by atoms with van der Waals surface area (Å²) in [6.45, 7) is 2.04. The van der Waals surface area contributed by atoms with Crippen LogP contribution in [0, 0.1) is 5.82 Å². The van der Waals surface area contributed by atoms with Gasteiger partial charge in [0.05, 0.1) is 11.3 Å². The predicted molar refractivity (Wildman–Crippen MR) is 132 cm³/mol. The van der Waals surface area contributed by atoms with E-state index in [0.29, 0.717) is 16.9 Å². The molecule has 3 aromatic carbocycles. The van der Waals surface area contributed by atoms with Gasteiger partial charge in [0.2, 0.25) is 0 Å². The van der Waals surface area contributed by atoms with Crippen LogP contribution in [-0.4, -0.2) is 25.0 Å². The summed E-state index contributed by atoms with van der Waals surface area (Å²) in [6.07, 6.45) is 2.15. The highest BCUT2D eigenvalue weighted by Crippen LogP contribution is 2.28. The minimum absolute atomic E-state index is 0.254. The molecule has 1 heterocycles. The van der Waals surface area contributed by atoms with Crippen LogP contribution in [0.3, 0.4) is 0 Å². The molecule has 3 amide bonds. The van der Waals surface area contributed by atoms with Gasteiger partial charge in [-0.15, -0.1) is 0 Å². The lowest BCUT2D eigenvalue weighted by atomic mass is 10.1. The zero-order valence-electron chi connectivity index (χ0n) is 17.9. The number of anilines is 3. The lowest BCUT2D eigenvalue weighted by molar-refractivity contribution is 0.0951. The van der Waals surface area contributed by atoms with Crippen LogP contribution in [0.25, 0.3) is 0 Å². The fourth-order valence-corrected chi connectivity index (χ4v) is 4.14. The van der Waals surface area contributed by atoms with Crippen LogP contribution in [0.2, 0.25) is 0 Å². The van der Waals surface area contributed by atoms with E-state index < -0.39 is 6.03 Å². The van der Waals surface area contributed by atoms with Crippen molar-refractivity contribution in [2.45, 2.75) is 19.4 Å². The molecule has 170 valence electrons. The van der Waals surface area contributed by atoms with Crippen molar-refractivity contribution in [3.63, 3.8) is 0 Å². The third-order valence-electron chi connectivity index (χ3n) is 5.43. The number of hydrogen-bond donors (Lipinski definition) is 3. The van der Waals surface area contributed by atoms with E-state index >= 15 is 0 Å². The summed E-state index contributed by atoms with van der Waals surface area (Å²) in [4.78, 5) is 27.8. The minimum Gasteiger partial charge on any atom is -0.371 e. The van der Waals surface area contributed by atoms with Crippen LogP contribution in [-0.2, 0) is 6.54 Å². The summed E-state index contributed by atoms with van der Waals surface area (Å²) in [5.41, 5.74) is 3.27. The Bertz CT molecular complexity index is 1150. The number of urea groups is 1. The first-order chi connectivity index (χ1) is 16.0. The van der Waals surface area contributed by atoms with Crippen molar-refractivity contribution in [1.29, 1.82) is 0 Å². The van der Waals surface area contributed by atoms with Gasteiger partial charge in [0.15, 0.2) is 0 Å². The topological polar surface area (TPSA) is 73.5 Å². The molecule has 1 saturated heterocycles. The SMILES string of the molecule is O=C(Nc1ccc(N2CCCC2)c(C(=O)NCc2ccc(F)cc2)c1)Nc1ccccc1Br. The molecule has 0 aliphatic carbocycles. The van der Waals surface area contributed by atoms with Crippen LogP contribution >= 0.6 is 15.9 Å².